The van der Waals surface area contributed by atoms with E-state index >= 15 is 0 Å². The monoisotopic (exact) mass is 621 g/mol. The Hall–Kier alpha value is -4.26. The molecule has 45 heavy (non-hydrogen) atoms. The molecule has 2 aromatic carbocycles. The topological polar surface area (TPSA) is 93.3 Å². The minimum Gasteiger partial charge on any atom is -0.489 e. The second-order valence-electron chi connectivity index (χ2n) is 13.4. The van der Waals surface area contributed by atoms with E-state index < -0.39 is 8.32 Å². The SMILES string of the molecule is CC(C)c1ccc(COc2ccc(-c3c(-c4ccncc4)nn4c3C(=O)N(CCO[Si](C)(C)C(C)(C)C)CC4)cc2)cc1C#N. The summed E-state index contributed by atoms with van der Waals surface area (Å²) < 4.78 is 14.4. The normalized spacial score (nSPS) is 13.6. The van der Waals surface area contributed by atoms with Gasteiger partial charge in [0.1, 0.15) is 23.7 Å². The summed E-state index contributed by atoms with van der Waals surface area (Å²) >= 11 is 0. The van der Waals surface area contributed by atoms with Crippen molar-refractivity contribution in [3.63, 3.8) is 0 Å². The Balaban J connectivity index is 1.39. The van der Waals surface area contributed by atoms with Gasteiger partial charge in [-0.05, 0) is 71.1 Å². The second kappa shape index (κ2) is 13.0. The maximum atomic E-state index is 14.0. The van der Waals surface area contributed by atoms with Crippen LogP contribution in [0, 0.1) is 11.3 Å². The third kappa shape index (κ3) is 6.87. The van der Waals surface area contributed by atoms with Crippen molar-refractivity contribution in [2.24, 2.45) is 0 Å². The Labute approximate surface area is 267 Å². The van der Waals surface area contributed by atoms with Crippen molar-refractivity contribution in [3.8, 4) is 34.2 Å². The van der Waals surface area contributed by atoms with Crippen LogP contribution in [0.15, 0.2) is 67.0 Å². The highest BCUT2D eigenvalue weighted by molar-refractivity contribution is 6.74. The van der Waals surface area contributed by atoms with Crippen LogP contribution in [-0.4, -0.2) is 53.6 Å². The lowest BCUT2D eigenvalue weighted by Crippen LogP contribution is -2.46. The lowest BCUT2D eigenvalue weighted by atomic mass is 9.96. The third-order valence-electron chi connectivity index (χ3n) is 9.02. The molecule has 1 aliphatic rings. The van der Waals surface area contributed by atoms with Crippen LogP contribution in [0.5, 0.6) is 5.75 Å². The molecule has 0 fully saturated rings. The highest BCUT2D eigenvalue weighted by Crippen LogP contribution is 2.38. The standard InChI is InChI=1S/C36H43N5O3Si/c1-25(2)31-13-8-26(22-29(31)23-37)24-43-30-11-9-27(10-12-30)32-33(28-14-16-38-17-15-28)39-41-19-18-40(35(42)34(32)41)20-21-44-45(6,7)36(3,4)5/h8-17,22,25H,18-21,24H2,1-7H3. The van der Waals surface area contributed by atoms with Crippen molar-refractivity contribution >= 4 is 14.2 Å². The molecule has 8 nitrogen and oxygen atoms in total. The van der Waals surface area contributed by atoms with Gasteiger partial charge >= 0.3 is 0 Å². The van der Waals surface area contributed by atoms with E-state index in [9.17, 15) is 10.1 Å². The van der Waals surface area contributed by atoms with Gasteiger partial charge < -0.3 is 14.1 Å². The molecule has 0 spiro atoms. The van der Waals surface area contributed by atoms with Gasteiger partial charge in [0.2, 0.25) is 0 Å². The number of nitrogens with zero attached hydrogens (tertiary/aromatic N) is 5. The van der Waals surface area contributed by atoms with Crippen molar-refractivity contribution in [1.29, 1.82) is 5.26 Å². The zero-order valence-corrected chi connectivity index (χ0v) is 28.4. The average molecular weight is 622 g/mol. The zero-order chi connectivity index (χ0) is 32.4. The summed E-state index contributed by atoms with van der Waals surface area (Å²) in [6.07, 6.45) is 3.48. The molecular weight excluding hydrogens is 579 g/mol. The van der Waals surface area contributed by atoms with Gasteiger partial charge in [-0.2, -0.15) is 10.4 Å². The molecule has 1 amide bonds. The van der Waals surface area contributed by atoms with E-state index in [0.29, 0.717) is 49.9 Å². The maximum Gasteiger partial charge on any atom is 0.272 e. The van der Waals surface area contributed by atoms with Crippen LogP contribution in [0.4, 0.5) is 0 Å². The largest absolute Gasteiger partial charge is 0.489 e. The summed E-state index contributed by atoms with van der Waals surface area (Å²) in [5.74, 6) is 0.942. The van der Waals surface area contributed by atoms with Crippen molar-refractivity contribution in [3.05, 3.63) is 89.4 Å². The molecule has 0 atom stereocenters. The van der Waals surface area contributed by atoms with Crippen molar-refractivity contribution < 1.29 is 14.0 Å². The predicted octanol–water partition coefficient (Wildman–Crippen LogP) is 7.66. The number of benzene rings is 2. The van der Waals surface area contributed by atoms with E-state index in [1.165, 1.54) is 0 Å². The van der Waals surface area contributed by atoms with Crippen molar-refractivity contribution in [2.75, 3.05) is 19.7 Å². The maximum absolute atomic E-state index is 14.0. The molecule has 0 N–H and O–H groups in total. The third-order valence-corrected chi connectivity index (χ3v) is 13.6. The fraction of sp³-hybridized carbons (Fsp3) is 0.389. The molecule has 0 saturated heterocycles. The van der Waals surface area contributed by atoms with Gasteiger partial charge in [0, 0.05) is 36.6 Å². The van der Waals surface area contributed by atoms with Gasteiger partial charge in [-0.15, -0.1) is 0 Å². The van der Waals surface area contributed by atoms with Gasteiger partial charge in [0.25, 0.3) is 5.91 Å². The van der Waals surface area contributed by atoms with Crippen LogP contribution in [0.2, 0.25) is 18.1 Å². The number of hydrogen-bond acceptors (Lipinski definition) is 6. The fourth-order valence-corrected chi connectivity index (χ4v) is 6.35. The summed E-state index contributed by atoms with van der Waals surface area (Å²) in [6, 6.07) is 19.9. The molecule has 9 heteroatoms. The average Bonchev–Trinajstić information content (AvgIpc) is 3.41. The molecule has 0 bridgehead atoms. The zero-order valence-electron chi connectivity index (χ0n) is 27.4. The lowest BCUT2D eigenvalue weighted by Gasteiger charge is -2.37. The molecule has 234 valence electrons. The summed E-state index contributed by atoms with van der Waals surface area (Å²) in [5.41, 5.74) is 6.59. The van der Waals surface area contributed by atoms with E-state index in [2.05, 4.69) is 58.8 Å². The van der Waals surface area contributed by atoms with E-state index in [1.54, 1.807) is 12.4 Å². The Morgan fingerprint density at radius 3 is 2.36 bits per heavy atom. The van der Waals surface area contributed by atoms with Gasteiger partial charge in [-0.3, -0.25) is 14.5 Å². The molecule has 0 radical (unpaired) electrons. The van der Waals surface area contributed by atoms with E-state index in [4.69, 9.17) is 14.3 Å². The number of aromatic nitrogens is 3. The minimum atomic E-state index is -1.92. The van der Waals surface area contributed by atoms with Crippen LogP contribution in [0.25, 0.3) is 22.4 Å². The number of amides is 1. The van der Waals surface area contributed by atoms with Crippen LogP contribution in [0.3, 0.4) is 0 Å². The van der Waals surface area contributed by atoms with Gasteiger partial charge in [0.05, 0.1) is 24.8 Å². The molecule has 5 rings (SSSR count). The quantitative estimate of drug-likeness (QED) is 0.169. The first-order valence-corrected chi connectivity index (χ1v) is 18.5. The number of fused-ring (bicyclic) bond motifs is 1. The van der Waals surface area contributed by atoms with Crippen LogP contribution >= 0.6 is 0 Å². The van der Waals surface area contributed by atoms with E-state index in [-0.39, 0.29) is 16.9 Å². The van der Waals surface area contributed by atoms with Crippen LogP contribution in [0.1, 0.15) is 67.7 Å². The molecule has 3 heterocycles. The smallest absolute Gasteiger partial charge is 0.272 e. The molecule has 2 aromatic heterocycles. The summed E-state index contributed by atoms with van der Waals surface area (Å²) in [7, 11) is -1.92. The number of carbonyl (C=O) groups is 1. The second-order valence-corrected chi connectivity index (χ2v) is 18.2. The molecule has 0 aliphatic carbocycles. The Bertz CT molecular complexity index is 1700. The predicted molar refractivity (Wildman–Crippen MR) is 180 cm³/mol. The van der Waals surface area contributed by atoms with E-state index in [0.717, 1.165) is 33.5 Å². The summed E-state index contributed by atoms with van der Waals surface area (Å²) in [4.78, 5) is 20.1. The van der Waals surface area contributed by atoms with Gasteiger partial charge in [0.15, 0.2) is 8.32 Å². The molecule has 4 aromatic rings. The highest BCUT2D eigenvalue weighted by Gasteiger charge is 2.38. The number of carbonyl (C=O) groups excluding carboxylic acids is 1. The van der Waals surface area contributed by atoms with Crippen molar-refractivity contribution in [2.45, 2.75) is 71.8 Å². The highest BCUT2D eigenvalue weighted by atomic mass is 28.4. The Morgan fingerprint density at radius 2 is 1.71 bits per heavy atom. The molecule has 0 saturated carbocycles. The number of hydrogen-bond donors (Lipinski definition) is 0. The number of ether oxygens (including phenoxy) is 1. The summed E-state index contributed by atoms with van der Waals surface area (Å²) in [6.45, 7) is 17.9. The van der Waals surface area contributed by atoms with Crippen LogP contribution < -0.4 is 4.74 Å². The van der Waals surface area contributed by atoms with E-state index in [1.807, 2.05) is 64.2 Å². The van der Waals surface area contributed by atoms with Crippen LogP contribution in [-0.2, 0) is 17.6 Å². The summed E-state index contributed by atoms with van der Waals surface area (Å²) in [5, 5.41) is 14.6. The number of pyridine rings is 1. The van der Waals surface area contributed by atoms with Gasteiger partial charge in [-0.25, -0.2) is 0 Å². The first-order chi connectivity index (χ1) is 21.4. The Kier molecular flexibility index (Phi) is 9.28. The number of rotatable bonds is 10. The van der Waals surface area contributed by atoms with Gasteiger partial charge in [-0.1, -0.05) is 58.9 Å². The number of nitriles is 1. The van der Waals surface area contributed by atoms with Crippen molar-refractivity contribution in [1.82, 2.24) is 19.7 Å². The minimum absolute atomic E-state index is 0.0404. The lowest BCUT2D eigenvalue weighted by molar-refractivity contribution is 0.0666. The fourth-order valence-electron chi connectivity index (χ4n) is 5.31. The first-order valence-electron chi connectivity index (χ1n) is 15.6. The first kappa shape index (κ1) is 32.1. The molecule has 0 unspecified atom stereocenters. The molecule has 1 aliphatic heterocycles. The Morgan fingerprint density at radius 1 is 1.00 bits per heavy atom. The molecular formula is C36H43N5O3Si.